The molecule has 0 radical (unpaired) electrons. The van der Waals surface area contributed by atoms with Gasteiger partial charge in [-0.15, -0.1) is 0 Å². The summed E-state index contributed by atoms with van der Waals surface area (Å²) in [6, 6.07) is 0. The third kappa shape index (κ3) is 3.81. The first kappa shape index (κ1) is 10.4. The first-order valence-corrected chi connectivity index (χ1v) is 5.65. The van der Waals surface area contributed by atoms with Gasteiger partial charge in [-0.2, -0.15) is 0 Å². The van der Waals surface area contributed by atoms with Crippen molar-refractivity contribution in [2.45, 2.75) is 39.2 Å². The summed E-state index contributed by atoms with van der Waals surface area (Å²) in [7, 11) is -1.00. The zero-order chi connectivity index (χ0) is 8.81. The van der Waals surface area contributed by atoms with E-state index in [-0.39, 0.29) is 6.10 Å². The average molecular weight is 192 g/mol. The number of hydrogen-bond acceptors (Lipinski definition) is 3. The summed E-state index contributed by atoms with van der Waals surface area (Å²) in [6.45, 7) is 5.62. The summed E-state index contributed by atoms with van der Waals surface area (Å²) in [5.41, 5.74) is 0. The molecule has 1 heterocycles. The van der Waals surface area contributed by atoms with Crippen LogP contribution >= 0.6 is 8.60 Å². The Hall–Kier alpha value is 0.310. The molecule has 1 saturated heterocycles. The Bertz CT molecular complexity index is 121. The van der Waals surface area contributed by atoms with Crippen molar-refractivity contribution < 1.29 is 13.6 Å². The molecule has 2 atom stereocenters. The van der Waals surface area contributed by atoms with E-state index in [4.69, 9.17) is 13.6 Å². The second-order valence-corrected chi connectivity index (χ2v) is 4.15. The number of unbranched alkanes of at least 4 members (excludes halogenated alkanes) is 2. The summed E-state index contributed by atoms with van der Waals surface area (Å²) in [5.74, 6) is 0. The molecular weight excluding hydrogens is 175 g/mol. The molecule has 1 aliphatic rings. The molecule has 0 bridgehead atoms. The normalized spacial score (nSPS) is 29.5. The highest BCUT2D eigenvalue weighted by atomic mass is 31.2. The van der Waals surface area contributed by atoms with Crippen molar-refractivity contribution in [2.75, 3.05) is 13.2 Å². The summed E-state index contributed by atoms with van der Waals surface area (Å²) in [6.07, 6.45) is 3.76. The quantitative estimate of drug-likeness (QED) is 0.495. The predicted octanol–water partition coefficient (Wildman–Crippen LogP) is 2.86. The van der Waals surface area contributed by atoms with Gasteiger partial charge in [0.2, 0.25) is 0 Å². The van der Waals surface area contributed by atoms with Crippen molar-refractivity contribution in [1.29, 1.82) is 0 Å². The minimum absolute atomic E-state index is 0.210. The smallest absolute Gasteiger partial charge is 0.312 e. The standard InChI is InChI=1S/C8H17O3P/c1-3-4-5-6-9-12-10-7-8(2)11-12/h8H,3-7H2,1-2H3. The minimum Gasteiger partial charge on any atom is -0.312 e. The highest BCUT2D eigenvalue weighted by Gasteiger charge is 2.24. The van der Waals surface area contributed by atoms with Crippen molar-refractivity contribution in [3.63, 3.8) is 0 Å². The first-order chi connectivity index (χ1) is 5.83. The Morgan fingerprint density at radius 1 is 1.50 bits per heavy atom. The molecule has 4 heteroatoms. The molecule has 0 aromatic carbocycles. The fourth-order valence-corrected chi connectivity index (χ4v) is 2.09. The Morgan fingerprint density at radius 2 is 2.33 bits per heavy atom. The Kier molecular flexibility index (Phi) is 5.08. The number of hydrogen-bond donors (Lipinski definition) is 0. The lowest BCUT2D eigenvalue weighted by Gasteiger charge is -2.07. The van der Waals surface area contributed by atoms with Gasteiger partial charge in [-0.1, -0.05) is 19.8 Å². The van der Waals surface area contributed by atoms with Crippen molar-refractivity contribution in [1.82, 2.24) is 0 Å². The van der Waals surface area contributed by atoms with Crippen LogP contribution in [0, 0.1) is 0 Å². The Morgan fingerprint density at radius 3 is 2.92 bits per heavy atom. The van der Waals surface area contributed by atoms with E-state index in [0.717, 1.165) is 13.0 Å². The van der Waals surface area contributed by atoms with Crippen molar-refractivity contribution in [2.24, 2.45) is 0 Å². The summed E-state index contributed by atoms with van der Waals surface area (Å²) in [5, 5.41) is 0. The molecule has 72 valence electrons. The number of rotatable bonds is 5. The molecule has 0 aliphatic carbocycles. The van der Waals surface area contributed by atoms with Gasteiger partial charge in [0, 0.05) is 0 Å². The van der Waals surface area contributed by atoms with Crippen LogP contribution < -0.4 is 0 Å². The highest BCUT2D eigenvalue weighted by molar-refractivity contribution is 7.41. The van der Waals surface area contributed by atoms with E-state index in [1.165, 1.54) is 12.8 Å². The van der Waals surface area contributed by atoms with Crippen LogP contribution in [-0.4, -0.2) is 19.3 Å². The van der Waals surface area contributed by atoms with Gasteiger partial charge < -0.3 is 13.6 Å². The average Bonchev–Trinajstić information content (AvgIpc) is 2.45. The largest absolute Gasteiger partial charge is 0.333 e. The topological polar surface area (TPSA) is 27.7 Å². The minimum atomic E-state index is -1.00. The Labute approximate surface area is 75.4 Å². The van der Waals surface area contributed by atoms with Gasteiger partial charge in [0.1, 0.15) is 0 Å². The molecule has 0 spiro atoms. The van der Waals surface area contributed by atoms with Gasteiger partial charge in [-0.25, -0.2) is 0 Å². The van der Waals surface area contributed by atoms with Crippen LogP contribution in [0.3, 0.4) is 0 Å². The van der Waals surface area contributed by atoms with Crippen LogP contribution in [0.5, 0.6) is 0 Å². The van der Waals surface area contributed by atoms with Crippen LogP contribution in [0.15, 0.2) is 0 Å². The van der Waals surface area contributed by atoms with Gasteiger partial charge in [0.25, 0.3) is 0 Å². The lowest BCUT2D eigenvalue weighted by Crippen LogP contribution is -1.99. The zero-order valence-electron chi connectivity index (χ0n) is 7.78. The molecule has 1 aliphatic heterocycles. The van der Waals surface area contributed by atoms with E-state index < -0.39 is 8.60 Å². The van der Waals surface area contributed by atoms with E-state index >= 15 is 0 Å². The maximum Gasteiger partial charge on any atom is 0.333 e. The molecule has 0 amide bonds. The van der Waals surface area contributed by atoms with Crippen molar-refractivity contribution in [3.05, 3.63) is 0 Å². The van der Waals surface area contributed by atoms with Crippen LogP contribution in [0.25, 0.3) is 0 Å². The highest BCUT2D eigenvalue weighted by Crippen LogP contribution is 2.46. The lowest BCUT2D eigenvalue weighted by atomic mass is 10.3. The van der Waals surface area contributed by atoms with Crippen LogP contribution in [-0.2, 0) is 13.6 Å². The summed E-state index contributed by atoms with van der Waals surface area (Å²) >= 11 is 0. The molecule has 12 heavy (non-hydrogen) atoms. The first-order valence-electron chi connectivity index (χ1n) is 4.55. The van der Waals surface area contributed by atoms with E-state index in [0.29, 0.717) is 6.61 Å². The molecule has 1 fully saturated rings. The maximum atomic E-state index is 5.40. The van der Waals surface area contributed by atoms with E-state index in [1.807, 2.05) is 6.92 Å². The summed E-state index contributed by atoms with van der Waals surface area (Å²) < 4.78 is 16.0. The van der Waals surface area contributed by atoms with Gasteiger partial charge in [0.15, 0.2) is 0 Å². The third-order valence-electron chi connectivity index (χ3n) is 1.63. The third-order valence-corrected chi connectivity index (χ3v) is 2.91. The molecule has 0 N–H and O–H groups in total. The molecule has 0 aromatic heterocycles. The van der Waals surface area contributed by atoms with Crippen LogP contribution in [0.2, 0.25) is 0 Å². The Balaban J connectivity index is 1.93. The monoisotopic (exact) mass is 192 g/mol. The lowest BCUT2D eigenvalue weighted by molar-refractivity contribution is 0.223. The predicted molar refractivity (Wildman–Crippen MR) is 48.9 cm³/mol. The summed E-state index contributed by atoms with van der Waals surface area (Å²) in [4.78, 5) is 0. The van der Waals surface area contributed by atoms with Crippen molar-refractivity contribution >= 4 is 8.60 Å². The van der Waals surface area contributed by atoms with Crippen LogP contribution in [0.1, 0.15) is 33.1 Å². The van der Waals surface area contributed by atoms with Gasteiger partial charge in [-0.05, 0) is 13.3 Å². The maximum absolute atomic E-state index is 5.40. The fraction of sp³-hybridized carbons (Fsp3) is 1.00. The van der Waals surface area contributed by atoms with E-state index in [9.17, 15) is 0 Å². The van der Waals surface area contributed by atoms with E-state index in [2.05, 4.69) is 6.92 Å². The van der Waals surface area contributed by atoms with Gasteiger partial charge >= 0.3 is 8.60 Å². The SMILES string of the molecule is CCCCCOP1OCC(C)O1. The second kappa shape index (κ2) is 5.87. The second-order valence-electron chi connectivity index (χ2n) is 2.98. The molecule has 3 nitrogen and oxygen atoms in total. The van der Waals surface area contributed by atoms with Crippen molar-refractivity contribution in [3.8, 4) is 0 Å². The van der Waals surface area contributed by atoms with Crippen LogP contribution in [0.4, 0.5) is 0 Å². The molecule has 2 unspecified atom stereocenters. The molecule has 1 rings (SSSR count). The zero-order valence-corrected chi connectivity index (χ0v) is 8.68. The molecular formula is C8H17O3P. The van der Waals surface area contributed by atoms with Gasteiger partial charge in [-0.3, -0.25) is 0 Å². The molecule has 0 saturated carbocycles. The fourth-order valence-electron chi connectivity index (χ4n) is 0.932. The molecule has 0 aromatic rings. The van der Waals surface area contributed by atoms with Gasteiger partial charge in [0.05, 0.1) is 19.3 Å². The van der Waals surface area contributed by atoms with E-state index in [1.54, 1.807) is 0 Å².